The lowest BCUT2D eigenvalue weighted by Gasteiger charge is -2.23. The lowest BCUT2D eigenvalue weighted by molar-refractivity contribution is -0.232. The third-order valence-electron chi connectivity index (χ3n) is 2.19. The maximum absolute atomic E-state index is 9.49. The molecule has 66 valence electrons. The normalized spacial score (nSPS) is 44.7. The Morgan fingerprint density at radius 2 is 2.18 bits per heavy atom. The summed E-state index contributed by atoms with van der Waals surface area (Å²) < 4.78 is 5.02. The van der Waals surface area contributed by atoms with E-state index in [1.807, 2.05) is 0 Å². The molecule has 4 heteroatoms. The smallest absolute Gasteiger partial charge is 0.192 e. The van der Waals surface area contributed by atoms with Crippen LogP contribution in [0, 0.1) is 5.92 Å². The molecule has 3 N–H and O–H groups in total. The Labute approximate surface area is 65.4 Å². The van der Waals surface area contributed by atoms with Crippen molar-refractivity contribution in [3.8, 4) is 0 Å². The molecule has 0 bridgehead atoms. The molecule has 11 heavy (non-hydrogen) atoms. The minimum atomic E-state index is -1.44. The van der Waals surface area contributed by atoms with Gasteiger partial charge >= 0.3 is 0 Å². The fraction of sp³-hybridized carbons (Fsp3) is 1.00. The highest BCUT2D eigenvalue weighted by atomic mass is 16.7. The molecule has 0 amide bonds. The summed E-state index contributed by atoms with van der Waals surface area (Å²) in [5.41, 5.74) is 0. The largest absolute Gasteiger partial charge is 0.394 e. The van der Waals surface area contributed by atoms with Crippen LogP contribution in [0.5, 0.6) is 0 Å². The van der Waals surface area contributed by atoms with Gasteiger partial charge in [-0.05, 0) is 6.42 Å². The van der Waals surface area contributed by atoms with E-state index in [0.29, 0.717) is 6.42 Å². The average molecular weight is 162 g/mol. The first-order valence-electron chi connectivity index (χ1n) is 3.74. The van der Waals surface area contributed by atoms with E-state index in [1.54, 1.807) is 6.92 Å². The SMILES string of the molecule is CC1C[C@@H](CO)OC1(O)CO. The van der Waals surface area contributed by atoms with Crippen molar-refractivity contribution in [3.63, 3.8) is 0 Å². The summed E-state index contributed by atoms with van der Waals surface area (Å²) in [6.07, 6.45) is 0.259. The molecule has 4 nitrogen and oxygen atoms in total. The summed E-state index contributed by atoms with van der Waals surface area (Å²) >= 11 is 0. The highest BCUT2D eigenvalue weighted by Gasteiger charge is 2.43. The number of rotatable bonds is 2. The highest BCUT2D eigenvalue weighted by Crippen LogP contribution is 2.33. The van der Waals surface area contributed by atoms with Crippen LogP contribution in [-0.2, 0) is 4.74 Å². The van der Waals surface area contributed by atoms with Crippen LogP contribution in [0.15, 0.2) is 0 Å². The number of hydrogen-bond donors (Lipinski definition) is 3. The minimum Gasteiger partial charge on any atom is -0.394 e. The number of aliphatic hydroxyl groups excluding tert-OH is 2. The van der Waals surface area contributed by atoms with Gasteiger partial charge < -0.3 is 20.1 Å². The molecule has 0 aromatic carbocycles. The standard InChI is InChI=1S/C7H14O4/c1-5-2-6(3-8)11-7(5,10)4-9/h5-6,8-10H,2-4H2,1H3/t5?,6-,7?/m0/s1. The summed E-state index contributed by atoms with van der Waals surface area (Å²) in [7, 11) is 0. The van der Waals surface area contributed by atoms with Crippen molar-refractivity contribution in [1.82, 2.24) is 0 Å². The number of hydrogen-bond acceptors (Lipinski definition) is 4. The average Bonchev–Trinajstić information content (AvgIpc) is 2.29. The molecule has 2 unspecified atom stereocenters. The number of ether oxygens (including phenoxy) is 1. The molecule has 1 aliphatic rings. The topological polar surface area (TPSA) is 69.9 Å². The Hall–Kier alpha value is -0.160. The Morgan fingerprint density at radius 1 is 1.55 bits per heavy atom. The Morgan fingerprint density at radius 3 is 2.45 bits per heavy atom. The fourth-order valence-corrected chi connectivity index (χ4v) is 1.34. The van der Waals surface area contributed by atoms with Crippen molar-refractivity contribution in [3.05, 3.63) is 0 Å². The molecule has 0 spiro atoms. The second-order valence-electron chi connectivity index (χ2n) is 3.06. The second-order valence-corrected chi connectivity index (χ2v) is 3.06. The summed E-state index contributed by atoms with van der Waals surface area (Å²) in [6, 6.07) is 0. The summed E-state index contributed by atoms with van der Waals surface area (Å²) in [4.78, 5) is 0. The molecule has 1 rings (SSSR count). The molecular weight excluding hydrogens is 148 g/mol. The van der Waals surface area contributed by atoms with Gasteiger partial charge in [0.2, 0.25) is 0 Å². The van der Waals surface area contributed by atoms with Crippen molar-refractivity contribution in [1.29, 1.82) is 0 Å². The van der Waals surface area contributed by atoms with Crippen molar-refractivity contribution in [2.75, 3.05) is 13.2 Å². The maximum Gasteiger partial charge on any atom is 0.192 e. The number of aliphatic hydroxyl groups is 3. The van der Waals surface area contributed by atoms with Gasteiger partial charge in [0.15, 0.2) is 5.79 Å². The molecule has 1 fully saturated rings. The van der Waals surface area contributed by atoms with Crippen molar-refractivity contribution < 1.29 is 20.1 Å². The predicted octanol–water partition coefficient (Wildman–Crippen LogP) is -0.915. The van der Waals surface area contributed by atoms with E-state index in [4.69, 9.17) is 14.9 Å². The monoisotopic (exact) mass is 162 g/mol. The third-order valence-corrected chi connectivity index (χ3v) is 2.19. The molecule has 0 saturated carbocycles. The first-order valence-corrected chi connectivity index (χ1v) is 3.74. The van der Waals surface area contributed by atoms with E-state index in [2.05, 4.69) is 0 Å². The van der Waals surface area contributed by atoms with Crippen LogP contribution in [0.25, 0.3) is 0 Å². The zero-order valence-electron chi connectivity index (χ0n) is 6.53. The van der Waals surface area contributed by atoms with Gasteiger partial charge in [0.05, 0.1) is 19.3 Å². The summed E-state index contributed by atoms with van der Waals surface area (Å²) in [6.45, 7) is 1.27. The molecule has 0 aromatic rings. The van der Waals surface area contributed by atoms with Gasteiger partial charge in [-0.1, -0.05) is 6.92 Å². The van der Waals surface area contributed by atoms with Crippen LogP contribution in [-0.4, -0.2) is 40.4 Å². The molecule has 0 aliphatic carbocycles. The lowest BCUT2D eigenvalue weighted by Crippen LogP contribution is -2.38. The molecule has 0 radical (unpaired) electrons. The van der Waals surface area contributed by atoms with Crippen LogP contribution < -0.4 is 0 Å². The van der Waals surface area contributed by atoms with E-state index in [-0.39, 0.29) is 18.6 Å². The Bertz CT molecular complexity index is 138. The summed E-state index contributed by atoms with van der Waals surface area (Å²) in [5, 5.41) is 26.9. The van der Waals surface area contributed by atoms with Gasteiger partial charge in [-0.3, -0.25) is 0 Å². The second kappa shape index (κ2) is 3.06. The van der Waals surface area contributed by atoms with Crippen LogP contribution in [0.1, 0.15) is 13.3 Å². The highest BCUT2D eigenvalue weighted by molar-refractivity contribution is 4.84. The summed E-state index contributed by atoms with van der Waals surface area (Å²) in [5.74, 6) is -1.56. The first kappa shape index (κ1) is 8.93. The van der Waals surface area contributed by atoms with E-state index in [9.17, 15) is 5.11 Å². The Balaban J connectivity index is 2.57. The van der Waals surface area contributed by atoms with Gasteiger partial charge in [-0.2, -0.15) is 0 Å². The van der Waals surface area contributed by atoms with Gasteiger partial charge in [0, 0.05) is 5.92 Å². The zero-order valence-corrected chi connectivity index (χ0v) is 6.53. The van der Waals surface area contributed by atoms with Crippen LogP contribution in [0.4, 0.5) is 0 Å². The molecule has 1 aliphatic heterocycles. The van der Waals surface area contributed by atoms with Crippen molar-refractivity contribution >= 4 is 0 Å². The molecular formula is C7H14O4. The van der Waals surface area contributed by atoms with E-state index >= 15 is 0 Å². The van der Waals surface area contributed by atoms with Gasteiger partial charge in [-0.25, -0.2) is 0 Å². The minimum absolute atomic E-state index is 0.105. The maximum atomic E-state index is 9.49. The van der Waals surface area contributed by atoms with Crippen LogP contribution in [0.2, 0.25) is 0 Å². The lowest BCUT2D eigenvalue weighted by atomic mass is 9.99. The van der Waals surface area contributed by atoms with Crippen LogP contribution >= 0.6 is 0 Å². The van der Waals surface area contributed by atoms with Crippen molar-refractivity contribution in [2.45, 2.75) is 25.2 Å². The van der Waals surface area contributed by atoms with Gasteiger partial charge in [0.1, 0.15) is 0 Å². The van der Waals surface area contributed by atoms with E-state index < -0.39 is 12.4 Å². The zero-order chi connectivity index (χ0) is 8.48. The Kier molecular flexibility index (Phi) is 2.49. The molecule has 1 saturated heterocycles. The van der Waals surface area contributed by atoms with E-state index in [1.165, 1.54) is 0 Å². The molecule has 0 aromatic heterocycles. The predicted molar refractivity (Wildman–Crippen MR) is 37.8 cm³/mol. The fourth-order valence-electron chi connectivity index (χ4n) is 1.34. The first-order chi connectivity index (χ1) is 5.12. The van der Waals surface area contributed by atoms with Gasteiger partial charge in [0.25, 0.3) is 0 Å². The molecule has 3 atom stereocenters. The quantitative estimate of drug-likeness (QED) is 0.491. The third kappa shape index (κ3) is 1.54. The van der Waals surface area contributed by atoms with Crippen LogP contribution in [0.3, 0.4) is 0 Å². The van der Waals surface area contributed by atoms with E-state index in [0.717, 1.165) is 0 Å². The van der Waals surface area contributed by atoms with Gasteiger partial charge in [-0.15, -0.1) is 0 Å². The van der Waals surface area contributed by atoms with Crippen molar-refractivity contribution in [2.24, 2.45) is 5.92 Å². The molecule has 1 heterocycles.